The molecule has 0 aromatic heterocycles. The Morgan fingerprint density at radius 1 is 1.06 bits per heavy atom. The molecule has 1 fully saturated rings. The van der Waals surface area contributed by atoms with E-state index >= 15 is 0 Å². The summed E-state index contributed by atoms with van der Waals surface area (Å²) >= 11 is 0. The van der Waals surface area contributed by atoms with E-state index in [1.54, 1.807) is 0 Å². The van der Waals surface area contributed by atoms with Gasteiger partial charge in [0, 0.05) is 0 Å². The largest absolute Gasteiger partial charge is 0.0857 e. The van der Waals surface area contributed by atoms with E-state index in [4.69, 9.17) is 0 Å². The summed E-state index contributed by atoms with van der Waals surface area (Å²) < 4.78 is 0. The average Bonchev–Trinajstić information content (AvgIpc) is 2.26. The molecule has 0 heterocycles. The van der Waals surface area contributed by atoms with Crippen molar-refractivity contribution in [1.82, 2.24) is 0 Å². The highest BCUT2D eigenvalue weighted by Crippen LogP contribution is 2.33. The molecule has 1 aliphatic carbocycles. The number of hydrogen-bond acceptors (Lipinski definition) is 0. The molecule has 0 aliphatic heterocycles. The van der Waals surface area contributed by atoms with E-state index in [0.717, 1.165) is 17.8 Å². The molecule has 0 aromatic rings. The molecule has 0 nitrogen and oxygen atoms in total. The quantitative estimate of drug-likeness (QED) is 0.543. The van der Waals surface area contributed by atoms with Gasteiger partial charge in [0.05, 0.1) is 0 Å². The van der Waals surface area contributed by atoms with Gasteiger partial charge in [0.2, 0.25) is 0 Å². The second-order valence-corrected chi connectivity index (χ2v) is 6.16. The maximum absolute atomic E-state index is 2.47. The van der Waals surface area contributed by atoms with Crippen LogP contribution >= 0.6 is 0 Å². The second kappa shape index (κ2) is 7.14. The lowest BCUT2D eigenvalue weighted by atomic mass is 9.78. The summed E-state index contributed by atoms with van der Waals surface area (Å²) in [5.74, 6) is 3.54. The predicted molar refractivity (Wildman–Crippen MR) is 73.5 cm³/mol. The van der Waals surface area contributed by atoms with Crippen molar-refractivity contribution in [2.45, 2.75) is 66.2 Å². The summed E-state index contributed by atoms with van der Waals surface area (Å²) in [6, 6.07) is 0. The van der Waals surface area contributed by atoms with Crippen LogP contribution in [0.2, 0.25) is 0 Å². The molecule has 0 spiro atoms. The molecule has 0 aromatic carbocycles. The van der Waals surface area contributed by atoms with E-state index in [0.29, 0.717) is 5.92 Å². The van der Waals surface area contributed by atoms with Crippen molar-refractivity contribution in [2.75, 3.05) is 0 Å². The Kier molecular flexibility index (Phi) is 6.16. The van der Waals surface area contributed by atoms with Gasteiger partial charge in [-0.25, -0.2) is 0 Å². The van der Waals surface area contributed by atoms with Gasteiger partial charge in [0.1, 0.15) is 0 Å². The maximum atomic E-state index is 2.47. The molecule has 0 saturated heterocycles. The van der Waals surface area contributed by atoms with Crippen molar-refractivity contribution in [3.05, 3.63) is 12.2 Å². The Morgan fingerprint density at radius 2 is 1.69 bits per heavy atom. The van der Waals surface area contributed by atoms with Crippen LogP contribution in [0.1, 0.15) is 66.2 Å². The first-order valence-corrected chi connectivity index (χ1v) is 7.30. The SMILES string of the molecule is CCC(C=CC(C)C)CC1CCC(C)CC1. The molecule has 0 bridgehead atoms. The lowest BCUT2D eigenvalue weighted by Gasteiger charge is -2.28. The van der Waals surface area contributed by atoms with Crippen LogP contribution < -0.4 is 0 Å². The van der Waals surface area contributed by atoms with Crippen molar-refractivity contribution >= 4 is 0 Å². The van der Waals surface area contributed by atoms with Crippen LogP contribution in [0.15, 0.2) is 12.2 Å². The molecule has 0 radical (unpaired) electrons. The van der Waals surface area contributed by atoms with Gasteiger partial charge in [-0.1, -0.05) is 65.5 Å². The topological polar surface area (TPSA) is 0 Å². The van der Waals surface area contributed by atoms with Crippen LogP contribution in [-0.2, 0) is 0 Å². The molecule has 1 atom stereocenters. The van der Waals surface area contributed by atoms with Crippen LogP contribution in [0.3, 0.4) is 0 Å². The minimum atomic E-state index is 0.709. The van der Waals surface area contributed by atoms with Crippen LogP contribution in [0.25, 0.3) is 0 Å². The molecule has 1 aliphatic rings. The first-order valence-electron chi connectivity index (χ1n) is 7.30. The summed E-state index contributed by atoms with van der Waals surface area (Å²) in [6.45, 7) is 9.28. The molecule has 0 heteroatoms. The molecule has 1 saturated carbocycles. The smallest absolute Gasteiger partial charge is 0.0233 e. The van der Waals surface area contributed by atoms with Crippen molar-refractivity contribution < 1.29 is 0 Å². The van der Waals surface area contributed by atoms with E-state index in [9.17, 15) is 0 Å². The Labute approximate surface area is 103 Å². The summed E-state index contributed by atoms with van der Waals surface area (Å²) in [4.78, 5) is 0. The normalized spacial score (nSPS) is 28.8. The van der Waals surface area contributed by atoms with E-state index in [2.05, 4.69) is 39.8 Å². The van der Waals surface area contributed by atoms with E-state index in [-0.39, 0.29) is 0 Å². The first kappa shape index (κ1) is 13.8. The number of rotatable bonds is 5. The summed E-state index contributed by atoms with van der Waals surface area (Å²) in [5.41, 5.74) is 0. The third-order valence-corrected chi connectivity index (χ3v) is 4.06. The Bertz CT molecular complexity index is 194. The molecule has 0 N–H and O–H groups in total. The van der Waals surface area contributed by atoms with Crippen LogP contribution in [0, 0.1) is 23.7 Å². The zero-order chi connectivity index (χ0) is 12.0. The highest BCUT2D eigenvalue weighted by atomic mass is 14.3. The van der Waals surface area contributed by atoms with Gasteiger partial charge in [-0.2, -0.15) is 0 Å². The van der Waals surface area contributed by atoms with Crippen LogP contribution in [0.4, 0.5) is 0 Å². The number of hydrogen-bond donors (Lipinski definition) is 0. The molecular weight excluding hydrogens is 192 g/mol. The van der Waals surface area contributed by atoms with Crippen molar-refractivity contribution in [2.24, 2.45) is 23.7 Å². The Balaban J connectivity index is 2.32. The fourth-order valence-corrected chi connectivity index (χ4v) is 2.75. The van der Waals surface area contributed by atoms with Gasteiger partial charge < -0.3 is 0 Å². The minimum absolute atomic E-state index is 0.709. The van der Waals surface area contributed by atoms with E-state index in [1.165, 1.54) is 38.5 Å². The van der Waals surface area contributed by atoms with Gasteiger partial charge >= 0.3 is 0 Å². The Hall–Kier alpha value is -0.260. The van der Waals surface area contributed by atoms with Crippen LogP contribution in [-0.4, -0.2) is 0 Å². The third kappa shape index (κ3) is 5.18. The van der Waals surface area contributed by atoms with Crippen molar-refractivity contribution in [3.8, 4) is 0 Å². The predicted octanol–water partition coefficient (Wildman–Crippen LogP) is 5.44. The second-order valence-electron chi connectivity index (χ2n) is 6.16. The summed E-state index contributed by atoms with van der Waals surface area (Å²) in [5, 5.41) is 0. The fraction of sp³-hybridized carbons (Fsp3) is 0.875. The standard InChI is InChI=1S/C16H30/c1-5-15(9-6-13(2)3)12-16-10-7-14(4)8-11-16/h6,9,13-16H,5,7-8,10-12H2,1-4H3. The van der Waals surface area contributed by atoms with Gasteiger partial charge in [-0.15, -0.1) is 0 Å². The third-order valence-electron chi connectivity index (χ3n) is 4.06. The molecule has 1 rings (SSSR count). The van der Waals surface area contributed by atoms with E-state index in [1.807, 2.05) is 0 Å². The Morgan fingerprint density at radius 3 is 2.19 bits per heavy atom. The first-order chi connectivity index (χ1) is 7.61. The summed E-state index contributed by atoms with van der Waals surface area (Å²) in [6.07, 6.45) is 13.5. The van der Waals surface area contributed by atoms with Gasteiger partial charge in [0.25, 0.3) is 0 Å². The van der Waals surface area contributed by atoms with Crippen LogP contribution in [0.5, 0.6) is 0 Å². The fourth-order valence-electron chi connectivity index (χ4n) is 2.75. The molecule has 16 heavy (non-hydrogen) atoms. The van der Waals surface area contributed by atoms with Gasteiger partial charge in [0.15, 0.2) is 0 Å². The summed E-state index contributed by atoms with van der Waals surface area (Å²) in [7, 11) is 0. The molecule has 0 amide bonds. The molecule has 1 unspecified atom stereocenters. The zero-order valence-corrected chi connectivity index (χ0v) is 11.7. The minimum Gasteiger partial charge on any atom is -0.0857 e. The lowest BCUT2D eigenvalue weighted by molar-refractivity contribution is 0.257. The maximum Gasteiger partial charge on any atom is -0.0233 e. The highest BCUT2D eigenvalue weighted by molar-refractivity contribution is 4.91. The van der Waals surface area contributed by atoms with Crippen molar-refractivity contribution in [1.29, 1.82) is 0 Å². The molecular formula is C16H30. The molecule has 94 valence electrons. The average molecular weight is 222 g/mol. The van der Waals surface area contributed by atoms with Gasteiger partial charge in [-0.05, 0) is 36.5 Å². The lowest BCUT2D eigenvalue weighted by Crippen LogP contribution is -2.15. The van der Waals surface area contributed by atoms with E-state index < -0.39 is 0 Å². The zero-order valence-electron chi connectivity index (χ0n) is 11.7. The number of allylic oxidation sites excluding steroid dienone is 2. The van der Waals surface area contributed by atoms with Gasteiger partial charge in [-0.3, -0.25) is 0 Å². The van der Waals surface area contributed by atoms with Crippen molar-refractivity contribution in [3.63, 3.8) is 0 Å². The monoisotopic (exact) mass is 222 g/mol. The highest BCUT2D eigenvalue weighted by Gasteiger charge is 2.20.